The van der Waals surface area contributed by atoms with E-state index in [9.17, 15) is 71.1 Å². The molecule has 0 aliphatic rings. The fourth-order valence-corrected chi connectivity index (χ4v) is 5.65. The Balaban J connectivity index is -0.0000000251. The molecule has 0 aliphatic heterocycles. The maximum atomic E-state index is 10.5. The van der Waals surface area contributed by atoms with Crippen molar-refractivity contribution in [1.29, 1.82) is 0 Å². The van der Waals surface area contributed by atoms with E-state index in [0.29, 0.717) is 24.3 Å². The van der Waals surface area contributed by atoms with Crippen LogP contribution in [0.15, 0.2) is 92.4 Å². The molecule has 0 atom stereocenters. The zero-order chi connectivity index (χ0) is 48.9. The molecule has 0 unspecified atom stereocenters. The van der Waals surface area contributed by atoms with E-state index in [1.54, 1.807) is 0 Å². The number of aliphatic carboxylic acids is 2. The van der Waals surface area contributed by atoms with Gasteiger partial charge < -0.3 is 188 Å². The number of carbonyl (C=O) groups excluding carboxylic acids is 2. The number of hydrogen-bond acceptors (Lipinski definition) is 24. The fourth-order valence-electron chi connectivity index (χ4n) is 3.45. The summed E-state index contributed by atoms with van der Waals surface area (Å²) >= 11 is 0. The molecule has 4 rings (SSSR count). The smallest absolute Gasteiger partial charge is 0.744 e. The van der Waals surface area contributed by atoms with E-state index in [1.807, 2.05) is 0 Å². The summed E-state index contributed by atoms with van der Waals surface area (Å²) in [4.78, 5) is 56.0. The number of phenolic OH excluding ortho intramolecular Hbond substituents is 4. The molecule has 0 heterocycles. The molecule has 0 saturated heterocycles. The SMILES string of the molecule is O.O.O.O.O.O.O.O.O=C(O)c1ccc(S(=O)(=O)[O-])c(O)c1.O=C(O)c1ccc(S(=O)(=O)[O-])c(O)c1.O=C(O)c1ccc(S(=O)(=O)[O-])c(O)c1.O=C(O)c1ccc(S(=O)(=O)[O-])c(O)c1.O=C([O-])C(=O)[O-].[Nd+3].[Nd+3].[OH3+].[OH3+].[OH3+].[OH3+].[OH3+].[OH3+].[OH3+].[OH3+].[OH3+].[OH3+].[OH3+].[OH3+]. The van der Waals surface area contributed by atoms with Crippen LogP contribution in [0.2, 0.25) is 0 Å². The van der Waals surface area contributed by atoms with Gasteiger partial charge in [0.25, 0.3) is 0 Å². The second-order valence-electron chi connectivity index (χ2n) is 10.3. The first-order valence-electron chi connectivity index (χ1n) is 14.4. The van der Waals surface area contributed by atoms with Crippen molar-refractivity contribution in [2.45, 2.75) is 19.6 Å². The van der Waals surface area contributed by atoms with Crippen molar-refractivity contribution in [2.75, 3.05) is 0 Å². The normalized spacial score (nSPS) is 8.00. The molecule has 0 saturated carbocycles. The molecule has 84 heavy (non-hydrogen) atoms. The van der Waals surface area contributed by atoms with Crippen molar-refractivity contribution in [3.8, 4) is 23.0 Å². The number of rotatable bonds is 8. The maximum absolute atomic E-state index is 10.5. The molecule has 500 valence electrons. The molecule has 4 aromatic rings. The Kier molecular flexibility index (Phi) is 116. The van der Waals surface area contributed by atoms with Gasteiger partial charge in [0.15, 0.2) is 0 Å². The monoisotopic (exact) mass is 1610 g/mol. The third kappa shape index (κ3) is 53.2. The van der Waals surface area contributed by atoms with Crippen molar-refractivity contribution in [1.82, 2.24) is 0 Å². The van der Waals surface area contributed by atoms with Gasteiger partial charge in [-0.05, 0) is 72.8 Å². The van der Waals surface area contributed by atoms with Gasteiger partial charge in [-0.3, -0.25) is 0 Å². The summed E-state index contributed by atoms with van der Waals surface area (Å²) in [6, 6.07) is 9.50. The third-order valence-electron chi connectivity index (χ3n) is 6.07. The van der Waals surface area contributed by atoms with E-state index < -0.39 is 119 Å². The second kappa shape index (κ2) is 63.5. The van der Waals surface area contributed by atoms with E-state index in [0.717, 1.165) is 48.5 Å². The zero-order valence-corrected chi connectivity index (χ0v) is 50.9. The zero-order valence-electron chi connectivity index (χ0n) is 41.2. The van der Waals surface area contributed by atoms with Crippen LogP contribution in [0.25, 0.3) is 0 Å². The molecule has 54 heteroatoms. The number of carboxylic acids is 6. The summed E-state index contributed by atoms with van der Waals surface area (Å²) in [6.07, 6.45) is 0. The van der Waals surface area contributed by atoms with Gasteiger partial charge in [0.1, 0.15) is 63.5 Å². The van der Waals surface area contributed by atoms with Crippen molar-refractivity contribution in [2.24, 2.45) is 0 Å². The minimum Gasteiger partial charge on any atom is -0.744 e. The number of carbonyl (C=O) groups is 6. The van der Waals surface area contributed by atoms with Gasteiger partial charge in [0.05, 0.1) is 53.8 Å². The fraction of sp³-hybridized carbons (Fsp3) is 0. The van der Waals surface area contributed by atoms with Gasteiger partial charge in [-0.15, -0.1) is 0 Å². The van der Waals surface area contributed by atoms with E-state index in [2.05, 4.69) is 0 Å². The van der Waals surface area contributed by atoms with Gasteiger partial charge in [-0.1, -0.05) is 0 Å². The standard InChI is InChI=1S/4C7H6O6S.C2H2O4.2Nd.20H2O/c4*8-5-3-4(7(9)10)1-2-6(5)14(11,12)13;3-1(4)2(5)6;;;;;;;;;;;;;;;;;;;;;;/h4*1-3,8H,(H,9,10)(H,11,12,13);(H,3,4)(H,5,6);;;20*1H2/q;;;;;2*+3;;;;;;;;;;;;;;;;;;;;/p+6. The molecular weight excluding hydrogens is 1550 g/mol. The summed E-state index contributed by atoms with van der Waals surface area (Å²) in [7, 11) is -19.1. The van der Waals surface area contributed by atoms with Crippen LogP contribution < -0.4 is 10.2 Å². The quantitative estimate of drug-likeness (QED) is 0.0461. The van der Waals surface area contributed by atoms with Crippen LogP contribution in [0.5, 0.6) is 23.0 Å². The minimum atomic E-state index is -4.77. The second-order valence-corrected chi connectivity index (χ2v) is 15.7. The predicted molar refractivity (Wildman–Crippen MR) is 269 cm³/mol. The summed E-state index contributed by atoms with van der Waals surface area (Å²) in [6.45, 7) is 0. The van der Waals surface area contributed by atoms with Gasteiger partial charge >= 0.3 is 106 Å². The largest absolute Gasteiger partial charge is 3.00 e. The Morgan fingerprint density at radius 2 is 0.393 bits per heavy atom. The summed E-state index contributed by atoms with van der Waals surface area (Å²) in [5, 5.41) is 87.8. The van der Waals surface area contributed by atoms with Gasteiger partial charge in [0, 0.05) is 0 Å². The molecule has 0 aromatic heterocycles. The minimum absolute atomic E-state index is 0. The van der Waals surface area contributed by atoms with Gasteiger partial charge in [-0.2, -0.15) is 0 Å². The number of carboxylic acid groups (broad SMARTS) is 6. The molecule has 0 amide bonds. The van der Waals surface area contributed by atoms with E-state index in [4.69, 9.17) is 60.7 Å². The van der Waals surface area contributed by atoms with E-state index >= 15 is 0 Å². The molecule has 0 spiro atoms. The van der Waals surface area contributed by atoms with Gasteiger partial charge in [0.2, 0.25) is 0 Å². The topological polar surface area (TPSA) is 1190 Å². The molecule has 0 fully saturated rings. The Morgan fingerprint density at radius 1 is 0.286 bits per heavy atom. The van der Waals surface area contributed by atoms with Crippen molar-refractivity contribution >= 4 is 76.3 Å². The Hall–Kier alpha value is -5.56. The maximum Gasteiger partial charge on any atom is 3.00 e. The van der Waals surface area contributed by atoms with Crippen LogP contribution in [0, 0.1) is 81.7 Å². The number of benzene rings is 4. The molecule has 48 nitrogen and oxygen atoms in total. The number of phenols is 4. The number of aromatic hydroxyl groups is 4. The third-order valence-corrected chi connectivity index (χ3v) is 9.60. The van der Waals surface area contributed by atoms with E-state index in [1.165, 1.54) is 0 Å². The Bertz CT molecular complexity index is 2500. The first-order valence-corrected chi connectivity index (χ1v) is 20.1. The van der Waals surface area contributed by atoms with Crippen LogP contribution in [0.3, 0.4) is 0 Å². The number of hydrogen-bond donors (Lipinski definition) is 8. The predicted octanol–water partition coefficient (Wildman–Crippen LogP) is -21.2. The van der Waals surface area contributed by atoms with Gasteiger partial charge in [-0.25, -0.2) is 52.8 Å². The Labute approximate surface area is 532 Å². The summed E-state index contributed by atoms with van der Waals surface area (Å²) in [5.74, 6) is -13.1. The molecule has 0 aliphatic carbocycles. The van der Waals surface area contributed by atoms with Crippen molar-refractivity contribution in [3.63, 3.8) is 0 Å². The van der Waals surface area contributed by atoms with Crippen LogP contribution in [0.4, 0.5) is 0 Å². The first kappa shape index (κ1) is 153. The summed E-state index contributed by atoms with van der Waals surface area (Å²) in [5.41, 5.74) is -1.19. The molecule has 2 radical (unpaired) electrons. The molecule has 60 N–H and O–H groups in total. The molecular formula is C30H72Nd2O48S4+12. The average Bonchev–Trinajstić information content (AvgIpc) is 3.10. The van der Waals surface area contributed by atoms with Crippen LogP contribution in [-0.2, 0) is 116 Å². The average molecular weight is 1620 g/mol. The molecule has 0 bridgehead atoms. The van der Waals surface area contributed by atoms with E-state index in [-0.39, 0.29) is 213 Å². The van der Waals surface area contributed by atoms with Crippen molar-refractivity contribution in [3.05, 3.63) is 95.1 Å². The number of aromatic carboxylic acids is 4. The van der Waals surface area contributed by atoms with Crippen LogP contribution in [-0.4, -0.2) is 172 Å². The first-order chi connectivity index (χ1) is 27.9. The van der Waals surface area contributed by atoms with Crippen molar-refractivity contribution < 1.29 is 323 Å². The van der Waals surface area contributed by atoms with Crippen LogP contribution >= 0.6 is 0 Å². The van der Waals surface area contributed by atoms with Crippen LogP contribution in [0.1, 0.15) is 41.4 Å². The molecule has 4 aromatic carbocycles. The summed E-state index contributed by atoms with van der Waals surface area (Å²) < 4.78 is 126. The Morgan fingerprint density at radius 3 is 0.452 bits per heavy atom.